The number of fused-ring (bicyclic) bond motifs is 2. The maximum atomic E-state index is 5.93. The summed E-state index contributed by atoms with van der Waals surface area (Å²) in [5, 5.41) is 3.42. The lowest BCUT2D eigenvalue weighted by Gasteiger charge is -2.20. The molecule has 0 radical (unpaired) electrons. The number of para-hydroxylation sites is 3. The van der Waals surface area contributed by atoms with Gasteiger partial charge in [0.05, 0.1) is 16.7 Å². The molecular weight excluding hydrogens is 250 g/mol. The molecule has 3 aromatic rings. The molecule has 1 aliphatic heterocycles. The van der Waals surface area contributed by atoms with E-state index >= 15 is 0 Å². The molecule has 0 saturated heterocycles. The molecule has 20 heavy (non-hydrogen) atoms. The van der Waals surface area contributed by atoms with Crippen molar-refractivity contribution in [2.45, 2.75) is 12.8 Å². The van der Waals surface area contributed by atoms with Gasteiger partial charge < -0.3 is 15.0 Å². The Morgan fingerprint density at radius 1 is 1.05 bits per heavy atom. The summed E-state index contributed by atoms with van der Waals surface area (Å²) in [5.41, 5.74) is 4.31. The van der Waals surface area contributed by atoms with E-state index < -0.39 is 0 Å². The molecule has 0 spiro atoms. The average molecular weight is 265 g/mol. The van der Waals surface area contributed by atoms with Gasteiger partial charge >= 0.3 is 0 Å². The third kappa shape index (κ3) is 1.90. The Kier molecular flexibility index (Phi) is 2.59. The standard InChI is InChI=1S/C16H15N3O/c1-2-8-13-12(7-1)18-16(19-13)20-14-9-3-5-11-6-4-10-17-15(11)14/h1-3,5,7-9,17H,4,6,10H2,(H,18,19). The van der Waals surface area contributed by atoms with Gasteiger partial charge in [-0.1, -0.05) is 24.3 Å². The first kappa shape index (κ1) is 11.3. The maximum Gasteiger partial charge on any atom is 0.300 e. The fraction of sp³-hybridized carbons (Fsp3) is 0.188. The minimum atomic E-state index is 0.534. The second kappa shape index (κ2) is 4.56. The smallest absolute Gasteiger partial charge is 0.300 e. The van der Waals surface area contributed by atoms with Crippen LogP contribution in [0.1, 0.15) is 12.0 Å². The van der Waals surface area contributed by atoms with Crippen LogP contribution in [0.3, 0.4) is 0 Å². The van der Waals surface area contributed by atoms with Gasteiger partial charge in [0.2, 0.25) is 0 Å². The summed E-state index contributed by atoms with van der Waals surface area (Å²) in [6.07, 6.45) is 2.26. The first-order valence-electron chi connectivity index (χ1n) is 6.88. The van der Waals surface area contributed by atoms with E-state index in [0.29, 0.717) is 6.01 Å². The van der Waals surface area contributed by atoms with Gasteiger partial charge in [-0.15, -0.1) is 0 Å². The van der Waals surface area contributed by atoms with E-state index in [0.717, 1.165) is 35.4 Å². The molecule has 0 aliphatic carbocycles. The Morgan fingerprint density at radius 2 is 2.00 bits per heavy atom. The predicted molar refractivity (Wildman–Crippen MR) is 79.4 cm³/mol. The number of aromatic nitrogens is 2. The summed E-state index contributed by atoms with van der Waals surface area (Å²) in [6, 6.07) is 14.6. The van der Waals surface area contributed by atoms with Crippen molar-refractivity contribution in [1.82, 2.24) is 9.97 Å². The van der Waals surface area contributed by atoms with Crippen LogP contribution in [0.15, 0.2) is 42.5 Å². The number of aromatic amines is 1. The number of rotatable bonds is 2. The van der Waals surface area contributed by atoms with Gasteiger partial charge in [-0.2, -0.15) is 4.98 Å². The summed E-state index contributed by atoms with van der Waals surface area (Å²) in [4.78, 5) is 7.64. The van der Waals surface area contributed by atoms with E-state index in [-0.39, 0.29) is 0 Å². The summed E-state index contributed by atoms with van der Waals surface area (Å²) in [6.45, 7) is 0.994. The average Bonchev–Trinajstić information content (AvgIpc) is 2.90. The molecule has 0 unspecified atom stereocenters. The number of nitrogens with zero attached hydrogens (tertiary/aromatic N) is 1. The van der Waals surface area contributed by atoms with Crippen molar-refractivity contribution in [2.75, 3.05) is 11.9 Å². The van der Waals surface area contributed by atoms with Crippen molar-refractivity contribution in [2.24, 2.45) is 0 Å². The minimum absolute atomic E-state index is 0.534. The van der Waals surface area contributed by atoms with Crippen LogP contribution in [0.5, 0.6) is 11.8 Å². The second-order valence-electron chi connectivity index (χ2n) is 4.98. The number of nitrogens with one attached hydrogen (secondary N) is 2. The molecule has 4 heteroatoms. The van der Waals surface area contributed by atoms with Gasteiger partial charge in [-0.05, 0) is 36.6 Å². The van der Waals surface area contributed by atoms with E-state index in [4.69, 9.17) is 4.74 Å². The van der Waals surface area contributed by atoms with E-state index in [1.54, 1.807) is 0 Å². The molecule has 0 saturated carbocycles. The molecule has 100 valence electrons. The number of imidazole rings is 1. The fourth-order valence-corrected chi connectivity index (χ4v) is 2.64. The Labute approximate surface area is 116 Å². The predicted octanol–water partition coefficient (Wildman–Crippen LogP) is 3.71. The zero-order valence-electron chi connectivity index (χ0n) is 11.0. The number of anilines is 1. The Bertz CT molecular complexity index is 730. The fourth-order valence-electron chi connectivity index (χ4n) is 2.64. The molecule has 0 amide bonds. The molecule has 1 aromatic heterocycles. The second-order valence-corrected chi connectivity index (χ2v) is 4.98. The molecule has 0 fully saturated rings. The van der Waals surface area contributed by atoms with Crippen molar-refractivity contribution < 1.29 is 4.74 Å². The summed E-state index contributed by atoms with van der Waals surface area (Å²) in [5.74, 6) is 0.834. The highest BCUT2D eigenvalue weighted by Gasteiger charge is 2.14. The molecule has 4 nitrogen and oxygen atoms in total. The van der Waals surface area contributed by atoms with Crippen LogP contribution in [0.25, 0.3) is 11.0 Å². The van der Waals surface area contributed by atoms with Crippen molar-refractivity contribution in [3.8, 4) is 11.8 Å². The third-order valence-electron chi connectivity index (χ3n) is 3.61. The van der Waals surface area contributed by atoms with Crippen LogP contribution < -0.4 is 10.1 Å². The molecule has 2 N–H and O–H groups in total. The number of benzene rings is 2. The SMILES string of the molecule is c1cc2c(c(Oc3nc4ccccc4[nH]3)c1)NCCC2. The van der Waals surface area contributed by atoms with Gasteiger partial charge in [0.1, 0.15) is 0 Å². The van der Waals surface area contributed by atoms with E-state index in [2.05, 4.69) is 21.4 Å². The van der Waals surface area contributed by atoms with Crippen molar-refractivity contribution >= 4 is 16.7 Å². The lowest BCUT2D eigenvalue weighted by atomic mass is 10.0. The molecular formula is C16H15N3O. The highest BCUT2D eigenvalue weighted by atomic mass is 16.5. The lowest BCUT2D eigenvalue weighted by molar-refractivity contribution is 0.449. The van der Waals surface area contributed by atoms with Crippen LogP contribution in [0, 0.1) is 0 Å². The summed E-state index contributed by atoms with van der Waals surface area (Å²) in [7, 11) is 0. The minimum Gasteiger partial charge on any atom is -0.423 e. The maximum absolute atomic E-state index is 5.93. The lowest BCUT2D eigenvalue weighted by Crippen LogP contribution is -2.12. The Balaban J connectivity index is 1.72. The summed E-state index contributed by atoms with van der Waals surface area (Å²) < 4.78 is 5.93. The Morgan fingerprint density at radius 3 is 2.95 bits per heavy atom. The number of H-pyrrole nitrogens is 1. The molecule has 0 atom stereocenters. The highest BCUT2D eigenvalue weighted by Crippen LogP contribution is 2.34. The molecule has 4 rings (SSSR count). The molecule has 0 bridgehead atoms. The topological polar surface area (TPSA) is 49.9 Å². The largest absolute Gasteiger partial charge is 0.423 e. The number of hydrogen-bond acceptors (Lipinski definition) is 3. The monoisotopic (exact) mass is 265 g/mol. The first-order chi connectivity index (χ1) is 9.90. The molecule has 1 aliphatic rings. The zero-order valence-corrected chi connectivity index (χ0v) is 11.0. The number of ether oxygens (including phenoxy) is 1. The van der Waals surface area contributed by atoms with Crippen LogP contribution in [0.4, 0.5) is 5.69 Å². The first-order valence-corrected chi connectivity index (χ1v) is 6.88. The normalized spacial score (nSPS) is 13.8. The molecule has 2 heterocycles. The van der Waals surface area contributed by atoms with E-state index in [1.807, 2.05) is 36.4 Å². The molecule has 2 aromatic carbocycles. The third-order valence-corrected chi connectivity index (χ3v) is 3.61. The zero-order chi connectivity index (χ0) is 13.4. The van der Waals surface area contributed by atoms with Crippen LogP contribution in [-0.2, 0) is 6.42 Å². The van der Waals surface area contributed by atoms with Crippen molar-refractivity contribution in [3.05, 3.63) is 48.0 Å². The van der Waals surface area contributed by atoms with Crippen LogP contribution >= 0.6 is 0 Å². The van der Waals surface area contributed by atoms with Crippen LogP contribution in [-0.4, -0.2) is 16.5 Å². The van der Waals surface area contributed by atoms with Crippen LogP contribution in [0.2, 0.25) is 0 Å². The van der Waals surface area contributed by atoms with E-state index in [1.165, 1.54) is 12.0 Å². The number of aryl methyl sites for hydroxylation is 1. The van der Waals surface area contributed by atoms with Gasteiger partial charge in [-0.25, -0.2) is 0 Å². The van der Waals surface area contributed by atoms with Crippen molar-refractivity contribution in [1.29, 1.82) is 0 Å². The highest BCUT2D eigenvalue weighted by molar-refractivity contribution is 5.75. The van der Waals surface area contributed by atoms with Gasteiger partial charge in [0.15, 0.2) is 5.75 Å². The number of hydrogen-bond donors (Lipinski definition) is 2. The van der Waals surface area contributed by atoms with Gasteiger partial charge in [-0.3, -0.25) is 0 Å². The Hall–Kier alpha value is -2.49. The van der Waals surface area contributed by atoms with E-state index in [9.17, 15) is 0 Å². The van der Waals surface area contributed by atoms with Gasteiger partial charge in [0.25, 0.3) is 6.01 Å². The van der Waals surface area contributed by atoms with Gasteiger partial charge in [0, 0.05) is 6.54 Å². The summed E-state index contributed by atoms with van der Waals surface area (Å²) >= 11 is 0. The quantitative estimate of drug-likeness (QED) is 0.742. The van der Waals surface area contributed by atoms with Crippen molar-refractivity contribution in [3.63, 3.8) is 0 Å².